The van der Waals surface area contributed by atoms with Crippen LogP contribution in [-0.4, -0.2) is 67.5 Å². The maximum Gasteiger partial charge on any atom is 0.292 e. The maximum absolute atomic E-state index is 13.3. The first kappa shape index (κ1) is 26.5. The molecule has 0 unspecified atom stereocenters. The van der Waals surface area contributed by atoms with Crippen molar-refractivity contribution < 1.29 is 18.6 Å². The zero-order valence-electron chi connectivity index (χ0n) is 22.1. The Bertz CT molecular complexity index is 1670. The zero-order chi connectivity index (χ0) is 28.2. The number of nitrogens with zero attached hydrogens (tertiary/aromatic N) is 8. The number of hydrogen-bond donors (Lipinski definition) is 2. The second-order valence-corrected chi connectivity index (χ2v) is 10.2. The van der Waals surface area contributed by atoms with Crippen LogP contribution >= 0.6 is 11.8 Å². The summed E-state index contributed by atoms with van der Waals surface area (Å²) in [5.74, 6) is 0.817. The fourth-order valence-electron chi connectivity index (χ4n) is 4.55. The van der Waals surface area contributed by atoms with Crippen LogP contribution in [0.1, 0.15) is 40.2 Å². The number of rotatable bonds is 10. The average molecular weight is 575 g/mol. The minimum atomic E-state index is -0.525. The summed E-state index contributed by atoms with van der Waals surface area (Å²) in [6.07, 6.45) is 3.74. The molecule has 2 aromatic carbocycles. The van der Waals surface area contributed by atoms with Gasteiger partial charge in [-0.1, -0.05) is 29.1 Å². The molecule has 15 heteroatoms. The smallest absolute Gasteiger partial charge is 0.292 e. The third-order valence-electron chi connectivity index (χ3n) is 6.53. The van der Waals surface area contributed by atoms with E-state index in [0.717, 1.165) is 53.9 Å². The number of nitrogens with two attached hydrogens (primary N) is 1. The van der Waals surface area contributed by atoms with Gasteiger partial charge in [-0.2, -0.15) is 9.78 Å². The number of methoxy groups -OCH3 is 1. The third-order valence-corrected chi connectivity index (χ3v) is 7.41. The van der Waals surface area contributed by atoms with Crippen LogP contribution in [0, 0.1) is 0 Å². The largest absolute Gasteiger partial charge is 0.496 e. The van der Waals surface area contributed by atoms with Crippen molar-refractivity contribution in [1.82, 2.24) is 40.6 Å². The Labute approximate surface area is 237 Å². The van der Waals surface area contributed by atoms with Gasteiger partial charge in [0.2, 0.25) is 11.6 Å². The minimum Gasteiger partial charge on any atom is -0.496 e. The SMILES string of the molecule is COc1ccc(/C=N\NC(=O)c2c(CN3CCCC3)nnn2-c2nonc2N)cc1CSc1nc2ccccc2o1. The third kappa shape index (κ3) is 5.76. The summed E-state index contributed by atoms with van der Waals surface area (Å²) in [5, 5.41) is 20.4. The molecule has 1 aliphatic rings. The number of carbonyl (C=O) groups is 1. The van der Waals surface area contributed by atoms with E-state index in [1.54, 1.807) is 13.3 Å². The number of aromatic nitrogens is 6. The summed E-state index contributed by atoms with van der Waals surface area (Å²) in [7, 11) is 1.62. The van der Waals surface area contributed by atoms with Crippen LogP contribution < -0.4 is 15.9 Å². The number of fused-ring (bicyclic) bond motifs is 1. The van der Waals surface area contributed by atoms with Crippen LogP contribution in [0.2, 0.25) is 0 Å². The first-order chi connectivity index (χ1) is 20.1. The zero-order valence-corrected chi connectivity index (χ0v) is 22.9. The summed E-state index contributed by atoms with van der Waals surface area (Å²) >= 11 is 1.46. The van der Waals surface area contributed by atoms with Crippen molar-refractivity contribution in [3.05, 3.63) is 65.0 Å². The molecule has 0 saturated carbocycles. The van der Waals surface area contributed by atoms with Gasteiger partial charge in [-0.15, -0.1) is 5.10 Å². The highest BCUT2D eigenvalue weighted by Gasteiger charge is 2.27. The van der Waals surface area contributed by atoms with Crippen LogP contribution in [0.4, 0.5) is 5.82 Å². The van der Waals surface area contributed by atoms with Gasteiger partial charge < -0.3 is 14.9 Å². The van der Waals surface area contributed by atoms with Crippen molar-refractivity contribution in [1.29, 1.82) is 0 Å². The lowest BCUT2D eigenvalue weighted by Crippen LogP contribution is -2.26. The molecular formula is C26H26N10O4S. The van der Waals surface area contributed by atoms with Crippen LogP contribution in [0.3, 0.4) is 0 Å². The quantitative estimate of drug-likeness (QED) is 0.142. The van der Waals surface area contributed by atoms with Gasteiger partial charge in [0.1, 0.15) is 17.0 Å². The normalized spacial score (nSPS) is 13.9. The fraction of sp³-hybridized carbons (Fsp3) is 0.269. The maximum atomic E-state index is 13.3. The Kier molecular flexibility index (Phi) is 7.60. The van der Waals surface area contributed by atoms with Gasteiger partial charge in [0, 0.05) is 17.9 Å². The predicted octanol–water partition coefficient (Wildman–Crippen LogP) is 3.03. The molecular weight excluding hydrogens is 548 g/mol. The van der Waals surface area contributed by atoms with E-state index in [2.05, 4.69) is 41.0 Å². The van der Waals surface area contributed by atoms with Crippen LogP contribution in [-0.2, 0) is 12.3 Å². The van der Waals surface area contributed by atoms with Gasteiger partial charge in [-0.3, -0.25) is 9.69 Å². The number of amides is 1. The van der Waals surface area contributed by atoms with E-state index in [0.29, 0.717) is 23.2 Å². The van der Waals surface area contributed by atoms with Crippen molar-refractivity contribution in [2.75, 3.05) is 25.9 Å². The Hall–Kier alpha value is -4.76. The molecule has 41 heavy (non-hydrogen) atoms. The highest BCUT2D eigenvalue weighted by atomic mass is 32.2. The van der Waals surface area contributed by atoms with Crippen molar-refractivity contribution in [2.45, 2.75) is 30.4 Å². The lowest BCUT2D eigenvalue weighted by molar-refractivity contribution is 0.0945. The predicted molar refractivity (Wildman–Crippen MR) is 150 cm³/mol. The van der Waals surface area contributed by atoms with E-state index in [1.165, 1.54) is 16.4 Å². The second-order valence-electron chi connectivity index (χ2n) is 9.26. The monoisotopic (exact) mass is 574 g/mol. The van der Waals surface area contributed by atoms with Gasteiger partial charge in [0.15, 0.2) is 11.3 Å². The summed E-state index contributed by atoms with van der Waals surface area (Å²) in [6.45, 7) is 2.30. The van der Waals surface area contributed by atoms with Gasteiger partial charge in [-0.05, 0) is 72.1 Å². The number of nitrogen functional groups attached to an aromatic ring is 1. The molecule has 0 spiro atoms. The van der Waals surface area contributed by atoms with E-state index in [1.807, 2.05) is 42.5 Å². The standard InChI is InChI=1S/C26H26N10O4S/c1-38-20-9-8-16(12-17(20)15-41-26-29-18-6-2-3-7-21(18)39-26)13-28-31-25(37)22-19(14-35-10-4-5-11-35)30-34-36(22)24-23(27)32-40-33-24/h2-3,6-9,12-13H,4-5,10-11,14-15H2,1H3,(H2,27,32)(H,31,37)/b28-13-. The topological polar surface area (TPSA) is 176 Å². The Morgan fingerprint density at radius 1 is 1.22 bits per heavy atom. The van der Waals surface area contributed by atoms with Crippen molar-refractivity contribution in [3.8, 4) is 11.6 Å². The van der Waals surface area contributed by atoms with Crippen LogP contribution in [0.25, 0.3) is 16.9 Å². The number of thioether (sulfide) groups is 1. The van der Waals surface area contributed by atoms with Gasteiger partial charge in [0.05, 0.1) is 13.3 Å². The molecule has 1 amide bonds. The van der Waals surface area contributed by atoms with Gasteiger partial charge >= 0.3 is 0 Å². The van der Waals surface area contributed by atoms with Crippen molar-refractivity contribution in [3.63, 3.8) is 0 Å². The molecule has 4 heterocycles. The lowest BCUT2D eigenvalue weighted by atomic mass is 10.1. The molecule has 1 saturated heterocycles. The number of likely N-dealkylation sites (tertiary alicyclic amines) is 1. The molecule has 5 aromatic rings. The Morgan fingerprint density at radius 3 is 2.85 bits per heavy atom. The van der Waals surface area contributed by atoms with E-state index in [9.17, 15) is 4.79 Å². The molecule has 14 nitrogen and oxygen atoms in total. The minimum absolute atomic E-state index is 0.0124. The number of anilines is 1. The molecule has 3 N–H and O–H groups in total. The number of hydrogen-bond acceptors (Lipinski definition) is 13. The van der Waals surface area contributed by atoms with E-state index in [4.69, 9.17) is 19.5 Å². The summed E-state index contributed by atoms with van der Waals surface area (Å²) in [4.78, 5) is 20.0. The fourth-order valence-corrected chi connectivity index (χ4v) is 5.36. The highest BCUT2D eigenvalue weighted by Crippen LogP contribution is 2.30. The summed E-state index contributed by atoms with van der Waals surface area (Å²) in [6, 6.07) is 13.2. The number of para-hydroxylation sites is 2. The first-order valence-corrected chi connectivity index (χ1v) is 13.8. The molecule has 210 valence electrons. The van der Waals surface area contributed by atoms with Crippen LogP contribution in [0.5, 0.6) is 5.75 Å². The Morgan fingerprint density at radius 2 is 2.07 bits per heavy atom. The molecule has 0 atom stereocenters. The molecule has 6 rings (SSSR count). The van der Waals surface area contributed by atoms with E-state index >= 15 is 0 Å². The molecule has 1 fully saturated rings. The summed E-state index contributed by atoms with van der Waals surface area (Å²) < 4.78 is 17.3. The first-order valence-electron chi connectivity index (χ1n) is 12.8. The van der Waals surface area contributed by atoms with E-state index < -0.39 is 5.91 Å². The number of carbonyl (C=O) groups excluding carboxylic acids is 1. The average Bonchev–Trinajstić information content (AvgIpc) is 3.79. The van der Waals surface area contributed by atoms with Crippen LogP contribution in [0.15, 0.2) is 61.8 Å². The Balaban J connectivity index is 1.18. The molecule has 0 bridgehead atoms. The van der Waals surface area contributed by atoms with Crippen molar-refractivity contribution in [2.24, 2.45) is 5.10 Å². The van der Waals surface area contributed by atoms with E-state index in [-0.39, 0.29) is 17.3 Å². The van der Waals surface area contributed by atoms with Crippen molar-refractivity contribution >= 4 is 40.8 Å². The second kappa shape index (κ2) is 11.8. The number of benzene rings is 2. The number of ether oxygens (including phenoxy) is 1. The number of oxazole rings is 1. The molecule has 0 aliphatic carbocycles. The van der Waals surface area contributed by atoms with Gasteiger partial charge in [-0.25, -0.2) is 15.0 Å². The molecule has 1 aliphatic heterocycles. The van der Waals surface area contributed by atoms with Gasteiger partial charge in [0.25, 0.3) is 11.1 Å². The molecule has 0 radical (unpaired) electrons. The highest BCUT2D eigenvalue weighted by molar-refractivity contribution is 7.98. The number of nitrogens with one attached hydrogen (secondary N) is 1. The number of hydrazone groups is 1. The summed E-state index contributed by atoms with van der Waals surface area (Å²) in [5.41, 5.74) is 12.3. The molecule has 3 aromatic heterocycles. The lowest BCUT2D eigenvalue weighted by Gasteiger charge is -2.13.